The number of imidazole rings is 1. The Bertz CT molecular complexity index is 2600. The number of hydrogen-bond acceptors (Lipinski definition) is 10. The van der Waals surface area contributed by atoms with Crippen molar-refractivity contribution in [3.8, 4) is 39.8 Å². The Morgan fingerprint density at radius 2 is 1.32 bits per heavy atom. The lowest BCUT2D eigenvalue weighted by Gasteiger charge is -2.27. The fourth-order valence-corrected chi connectivity index (χ4v) is 8.27. The first-order valence-corrected chi connectivity index (χ1v) is 18.6. The van der Waals surface area contributed by atoms with E-state index in [1.807, 2.05) is 0 Å². The topological polar surface area (TPSA) is 163 Å². The molecule has 294 valence electrons. The van der Waals surface area contributed by atoms with E-state index in [1.165, 1.54) is 26.0 Å². The molecule has 0 saturated carbocycles. The van der Waals surface area contributed by atoms with Gasteiger partial charge in [-0.05, 0) is 81.2 Å². The number of halogens is 4. The summed E-state index contributed by atoms with van der Waals surface area (Å²) in [4.78, 5) is 5.80. The van der Waals surface area contributed by atoms with Gasteiger partial charge in [0, 0.05) is 30.3 Å². The SMILES string of the molecule is COc1ccc(CN(Cc2ccc(OC)cc2)S(=O)(=O)c2c(C(F)(F)F)ccc(-c3cc(F)cc4nc(N)[nH]c34)c2-c2nnnn2Cc2ccc(OC)cc2)cc1. The second-order valence-corrected chi connectivity index (χ2v) is 14.7. The zero-order valence-electron chi connectivity index (χ0n) is 30.6. The highest BCUT2D eigenvalue weighted by Gasteiger charge is 2.43. The quantitative estimate of drug-likeness (QED) is 0.115. The van der Waals surface area contributed by atoms with E-state index in [0.717, 1.165) is 22.5 Å². The number of alkyl halides is 3. The highest BCUT2D eigenvalue weighted by molar-refractivity contribution is 7.89. The number of aromatic nitrogens is 6. The van der Waals surface area contributed by atoms with Crippen molar-refractivity contribution in [2.45, 2.75) is 30.7 Å². The van der Waals surface area contributed by atoms with Crippen LogP contribution in [0.1, 0.15) is 22.3 Å². The summed E-state index contributed by atoms with van der Waals surface area (Å²) in [5.74, 6) is 0.269. The van der Waals surface area contributed by atoms with Crippen LogP contribution in [0.4, 0.5) is 23.5 Å². The number of nitrogen functional groups attached to an aromatic ring is 1. The average Bonchev–Trinajstić information content (AvgIpc) is 3.82. The van der Waals surface area contributed by atoms with Gasteiger partial charge in [0.15, 0.2) is 11.8 Å². The Morgan fingerprint density at radius 3 is 1.84 bits per heavy atom. The predicted molar refractivity (Wildman–Crippen MR) is 202 cm³/mol. The minimum atomic E-state index is -5.22. The van der Waals surface area contributed by atoms with Crippen molar-refractivity contribution in [3.63, 3.8) is 0 Å². The van der Waals surface area contributed by atoms with Gasteiger partial charge in [-0.2, -0.15) is 17.5 Å². The summed E-state index contributed by atoms with van der Waals surface area (Å²) in [6.45, 7) is -0.826. The molecule has 0 amide bonds. The highest BCUT2D eigenvalue weighted by atomic mass is 32.2. The number of hydrogen-bond donors (Lipinski definition) is 2. The maximum atomic E-state index is 15.4. The molecule has 2 heterocycles. The third-order valence-corrected chi connectivity index (χ3v) is 11.1. The van der Waals surface area contributed by atoms with Gasteiger partial charge >= 0.3 is 6.18 Å². The Labute approximate surface area is 323 Å². The van der Waals surface area contributed by atoms with Crippen molar-refractivity contribution in [1.29, 1.82) is 0 Å². The van der Waals surface area contributed by atoms with Gasteiger partial charge in [-0.25, -0.2) is 22.5 Å². The van der Waals surface area contributed by atoms with Gasteiger partial charge in [0.25, 0.3) is 0 Å². The lowest BCUT2D eigenvalue weighted by Crippen LogP contribution is -2.32. The molecule has 0 spiro atoms. The molecule has 0 fully saturated rings. The largest absolute Gasteiger partial charge is 0.497 e. The summed E-state index contributed by atoms with van der Waals surface area (Å²) < 4.78 is 110. The van der Waals surface area contributed by atoms with E-state index >= 15 is 26.0 Å². The Morgan fingerprint density at radius 1 is 0.772 bits per heavy atom. The molecule has 5 aromatic carbocycles. The molecule has 0 saturated heterocycles. The van der Waals surface area contributed by atoms with E-state index in [1.54, 1.807) is 72.8 Å². The normalized spacial score (nSPS) is 12.0. The number of sulfonamides is 1. The third kappa shape index (κ3) is 7.94. The zero-order chi connectivity index (χ0) is 40.5. The summed E-state index contributed by atoms with van der Waals surface area (Å²) in [5, 5.41) is 12.0. The Kier molecular flexibility index (Phi) is 10.6. The number of benzene rings is 5. The number of tetrazole rings is 1. The van der Waals surface area contributed by atoms with Crippen LogP contribution in [0.25, 0.3) is 33.5 Å². The fraction of sp³-hybridized carbons (Fsp3) is 0.179. The van der Waals surface area contributed by atoms with Crippen LogP contribution in [-0.4, -0.2) is 64.2 Å². The molecule has 0 radical (unpaired) electrons. The first-order chi connectivity index (χ1) is 27.3. The van der Waals surface area contributed by atoms with Crippen molar-refractivity contribution in [1.82, 2.24) is 34.5 Å². The Balaban J connectivity index is 1.52. The number of anilines is 1. The molecule has 18 heteroatoms. The van der Waals surface area contributed by atoms with E-state index in [2.05, 4.69) is 25.5 Å². The van der Waals surface area contributed by atoms with Crippen molar-refractivity contribution < 1.29 is 40.2 Å². The molecule has 2 aromatic heterocycles. The van der Waals surface area contributed by atoms with Crippen LogP contribution >= 0.6 is 0 Å². The molecule has 3 N–H and O–H groups in total. The molecule has 7 rings (SSSR count). The first kappa shape index (κ1) is 38.7. The summed E-state index contributed by atoms with van der Waals surface area (Å²) in [6.07, 6.45) is -5.22. The second kappa shape index (κ2) is 15.5. The van der Waals surface area contributed by atoms with Gasteiger partial charge in [-0.15, -0.1) is 5.10 Å². The van der Waals surface area contributed by atoms with E-state index < -0.39 is 38.0 Å². The summed E-state index contributed by atoms with van der Waals surface area (Å²) >= 11 is 0. The van der Waals surface area contributed by atoms with E-state index in [0.29, 0.717) is 40.0 Å². The maximum Gasteiger partial charge on any atom is 0.417 e. The molecule has 13 nitrogen and oxygen atoms in total. The van der Waals surface area contributed by atoms with Gasteiger partial charge in [0.2, 0.25) is 10.0 Å². The summed E-state index contributed by atoms with van der Waals surface area (Å²) in [5.41, 5.74) is 5.44. The standard InChI is InChI=1S/C39H34F4N8O5S/c1-54-27-10-4-23(5-11-27)20-50(21-24-6-12-28(55-2)13-7-24)57(52,53)36-32(39(41,42)43)17-16-30(31-18-26(40)19-33-35(31)46-38(44)45-33)34(36)37-47-48-49-51(37)22-25-8-14-29(56-3)15-9-25/h4-19H,20-22H2,1-3H3,(H3,44,45,46). The Hall–Kier alpha value is -6.53. The first-order valence-electron chi connectivity index (χ1n) is 17.1. The van der Waals surface area contributed by atoms with Crippen LogP contribution in [0, 0.1) is 5.82 Å². The summed E-state index contributed by atoms with van der Waals surface area (Å²) in [7, 11) is -0.776. The smallest absolute Gasteiger partial charge is 0.417 e. The molecule has 0 aliphatic heterocycles. The second-order valence-electron chi connectivity index (χ2n) is 12.8. The zero-order valence-corrected chi connectivity index (χ0v) is 31.4. The molecular weight excluding hydrogens is 769 g/mol. The molecule has 0 aliphatic carbocycles. The van der Waals surface area contributed by atoms with E-state index in [9.17, 15) is 0 Å². The molecule has 57 heavy (non-hydrogen) atoms. The molecular formula is C39H34F4N8O5S. The van der Waals surface area contributed by atoms with E-state index in [4.69, 9.17) is 19.9 Å². The van der Waals surface area contributed by atoms with Crippen LogP contribution in [0.5, 0.6) is 17.2 Å². The molecule has 0 unspecified atom stereocenters. The molecule has 7 aromatic rings. The van der Waals surface area contributed by atoms with Crippen molar-refractivity contribution in [2.24, 2.45) is 0 Å². The van der Waals surface area contributed by atoms with E-state index in [-0.39, 0.29) is 53.6 Å². The maximum absolute atomic E-state index is 15.4. The van der Waals surface area contributed by atoms with Crippen LogP contribution in [0.2, 0.25) is 0 Å². The van der Waals surface area contributed by atoms with Crippen molar-refractivity contribution >= 4 is 27.0 Å². The van der Waals surface area contributed by atoms with Gasteiger partial charge in [0.1, 0.15) is 28.0 Å². The summed E-state index contributed by atoms with van der Waals surface area (Å²) in [6, 6.07) is 23.5. The van der Waals surface area contributed by atoms with Gasteiger partial charge in [-0.3, -0.25) is 0 Å². The van der Waals surface area contributed by atoms with Gasteiger partial charge < -0.3 is 24.9 Å². The minimum Gasteiger partial charge on any atom is -0.497 e. The monoisotopic (exact) mass is 802 g/mol. The molecule has 0 aliphatic rings. The van der Waals surface area contributed by atoms with Crippen molar-refractivity contribution in [2.75, 3.05) is 27.1 Å². The lowest BCUT2D eigenvalue weighted by molar-refractivity contribution is -0.139. The minimum absolute atomic E-state index is 0.0368. The third-order valence-electron chi connectivity index (χ3n) is 9.21. The van der Waals surface area contributed by atoms with Crippen LogP contribution < -0.4 is 19.9 Å². The van der Waals surface area contributed by atoms with Crippen LogP contribution in [0.15, 0.2) is 102 Å². The number of rotatable bonds is 13. The molecule has 0 bridgehead atoms. The molecule has 0 atom stereocenters. The number of aromatic amines is 1. The van der Waals surface area contributed by atoms with Gasteiger partial charge in [-0.1, -0.05) is 42.5 Å². The van der Waals surface area contributed by atoms with Gasteiger partial charge in [0.05, 0.1) is 44.5 Å². The number of H-pyrrole nitrogens is 1. The lowest BCUT2D eigenvalue weighted by atomic mass is 9.95. The number of ether oxygens (including phenoxy) is 3. The number of nitrogens with two attached hydrogens (primary N) is 1. The number of nitrogens with zero attached hydrogens (tertiary/aromatic N) is 6. The fourth-order valence-electron chi connectivity index (χ4n) is 6.45. The van der Waals surface area contributed by atoms with Crippen LogP contribution in [-0.2, 0) is 35.8 Å². The van der Waals surface area contributed by atoms with Crippen LogP contribution in [0.3, 0.4) is 0 Å². The number of nitrogens with one attached hydrogen (secondary N) is 1. The average molecular weight is 803 g/mol. The number of methoxy groups -OCH3 is 3. The highest BCUT2D eigenvalue weighted by Crippen LogP contribution is 2.46. The van der Waals surface area contributed by atoms with Crippen molar-refractivity contribution in [3.05, 3.63) is 125 Å². The predicted octanol–water partition coefficient (Wildman–Crippen LogP) is 7.09. The number of fused-ring (bicyclic) bond motifs is 1.